The number of nitrogens with zero attached hydrogens (tertiary/aromatic N) is 1. The van der Waals surface area contributed by atoms with Crippen LogP contribution < -0.4 is 5.32 Å². The molecule has 0 radical (unpaired) electrons. The van der Waals surface area contributed by atoms with Crippen LogP contribution in [0.1, 0.15) is 43.3 Å². The maximum atomic E-state index is 5.74. The molecule has 1 aromatic heterocycles. The number of allylic oxidation sites excluding steroid dienone is 2. The minimum absolute atomic E-state index is 0.0368. The summed E-state index contributed by atoms with van der Waals surface area (Å²) in [6.07, 6.45) is 5.27. The predicted octanol–water partition coefficient (Wildman–Crippen LogP) is 6.96. The SMILES string of the molecule is COC1=C(c2ccc3oc(C)nc3c2)CC(C)(CN[C@H](C)c2cccc3ccccc23)C=C1. The number of aryl methyl sites for hydroxylation is 1. The molecule has 4 heteroatoms. The highest BCUT2D eigenvalue weighted by Gasteiger charge is 2.29. The van der Waals surface area contributed by atoms with Crippen LogP contribution in [0, 0.1) is 12.3 Å². The Balaban J connectivity index is 1.38. The quantitative estimate of drug-likeness (QED) is 0.353. The van der Waals surface area contributed by atoms with Crippen LogP contribution in [-0.2, 0) is 4.74 Å². The number of aromatic nitrogens is 1. The standard InChI is InChI=1S/C29H30N2O2/c1-19(23-11-7-9-21-8-5-6-10-24(21)23)30-18-29(3)15-14-27(32-4)25(17-29)22-12-13-28-26(16-22)31-20(2)33-28/h5-16,19,30H,17-18H2,1-4H3/t19-,29?/m1/s1. The molecule has 3 aromatic carbocycles. The van der Waals surface area contributed by atoms with Gasteiger partial charge in [0.15, 0.2) is 11.5 Å². The van der Waals surface area contributed by atoms with Crippen LogP contribution in [0.15, 0.2) is 83.0 Å². The first kappa shape index (κ1) is 21.5. The molecule has 2 atom stereocenters. The van der Waals surface area contributed by atoms with Crippen LogP contribution in [0.5, 0.6) is 0 Å². The zero-order valence-corrected chi connectivity index (χ0v) is 19.7. The second kappa shape index (κ2) is 8.53. The minimum Gasteiger partial charge on any atom is -0.496 e. The summed E-state index contributed by atoms with van der Waals surface area (Å²) >= 11 is 0. The molecule has 0 spiro atoms. The molecule has 1 aliphatic rings. The van der Waals surface area contributed by atoms with E-state index in [2.05, 4.69) is 90.9 Å². The summed E-state index contributed by atoms with van der Waals surface area (Å²) in [5.74, 6) is 1.59. The van der Waals surface area contributed by atoms with E-state index < -0.39 is 0 Å². The fraction of sp³-hybridized carbons (Fsp3) is 0.276. The molecule has 0 amide bonds. The van der Waals surface area contributed by atoms with Crippen molar-refractivity contribution in [2.45, 2.75) is 33.2 Å². The molecule has 4 nitrogen and oxygen atoms in total. The van der Waals surface area contributed by atoms with E-state index in [1.807, 2.05) is 13.0 Å². The molecular formula is C29H30N2O2. The Labute approximate surface area is 195 Å². The lowest BCUT2D eigenvalue weighted by Gasteiger charge is -2.33. The first-order chi connectivity index (χ1) is 16.0. The third kappa shape index (κ3) is 4.19. The number of oxazole rings is 1. The number of methoxy groups -OCH3 is 1. The van der Waals surface area contributed by atoms with E-state index in [9.17, 15) is 0 Å². The van der Waals surface area contributed by atoms with Crippen molar-refractivity contribution in [2.75, 3.05) is 13.7 Å². The van der Waals surface area contributed by atoms with Gasteiger partial charge in [0.2, 0.25) is 0 Å². The van der Waals surface area contributed by atoms with Crippen molar-refractivity contribution in [3.05, 3.63) is 95.6 Å². The number of fused-ring (bicyclic) bond motifs is 2. The van der Waals surface area contributed by atoms with E-state index in [-0.39, 0.29) is 11.5 Å². The maximum Gasteiger partial charge on any atom is 0.192 e. The summed E-state index contributed by atoms with van der Waals surface area (Å²) in [6, 6.07) is 21.6. The lowest BCUT2D eigenvalue weighted by molar-refractivity contribution is 0.295. The third-order valence-corrected chi connectivity index (χ3v) is 6.68. The normalized spacial score (nSPS) is 19.4. The van der Waals surface area contributed by atoms with Gasteiger partial charge in [0.1, 0.15) is 11.3 Å². The average Bonchev–Trinajstić information content (AvgIpc) is 3.21. The summed E-state index contributed by atoms with van der Waals surface area (Å²) < 4.78 is 11.4. The summed E-state index contributed by atoms with van der Waals surface area (Å²) in [4.78, 5) is 4.51. The summed E-state index contributed by atoms with van der Waals surface area (Å²) in [5.41, 5.74) is 5.32. The van der Waals surface area contributed by atoms with Crippen LogP contribution in [0.25, 0.3) is 27.4 Å². The van der Waals surface area contributed by atoms with Gasteiger partial charge in [-0.25, -0.2) is 4.98 Å². The summed E-state index contributed by atoms with van der Waals surface area (Å²) in [6.45, 7) is 7.29. The molecule has 5 rings (SSSR count). The van der Waals surface area contributed by atoms with Gasteiger partial charge in [-0.3, -0.25) is 0 Å². The number of benzene rings is 3. The van der Waals surface area contributed by atoms with E-state index in [0.29, 0.717) is 5.89 Å². The number of rotatable bonds is 6. The third-order valence-electron chi connectivity index (χ3n) is 6.68. The van der Waals surface area contributed by atoms with Crippen LogP contribution in [0.3, 0.4) is 0 Å². The zero-order valence-electron chi connectivity index (χ0n) is 19.7. The van der Waals surface area contributed by atoms with Crippen molar-refractivity contribution in [3.8, 4) is 0 Å². The molecular weight excluding hydrogens is 408 g/mol. The van der Waals surface area contributed by atoms with Gasteiger partial charge in [-0.15, -0.1) is 0 Å². The molecule has 0 aliphatic heterocycles. The van der Waals surface area contributed by atoms with Gasteiger partial charge in [0.25, 0.3) is 0 Å². The number of hydrogen-bond donors (Lipinski definition) is 1. The van der Waals surface area contributed by atoms with Crippen molar-refractivity contribution in [3.63, 3.8) is 0 Å². The molecule has 1 heterocycles. The minimum atomic E-state index is -0.0368. The molecule has 1 unspecified atom stereocenters. The first-order valence-corrected chi connectivity index (χ1v) is 11.5. The molecule has 0 saturated carbocycles. The fourth-order valence-corrected chi connectivity index (χ4v) is 4.84. The van der Waals surface area contributed by atoms with Crippen LogP contribution in [0.2, 0.25) is 0 Å². The average molecular weight is 439 g/mol. The van der Waals surface area contributed by atoms with Gasteiger partial charge < -0.3 is 14.5 Å². The Morgan fingerprint density at radius 2 is 1.94 bits per heavy atom. The highest BCUT2D eigenvalue weighted by molar-refractivity contribution is 5.86. The highest BCUT2D eigenvalue weighted by Crippen LogP contribution is 2.40. The summed E-state index contributed by atoms with van der Waals surface area (Å²) in [5, 5.41) is 6.38. The van der Waals surface area contributed by atoms with Crippen molar-refractivity contribution in [2.24, 2.45) is 5.41 Å². The van der Waals surface area contributed by atoms with Gasteiger partial charge in [-0.1, -0.05) is 61.5 Å². The van der Waals surface area contributed by atoms with Crippen molar-refractivity contribution < 1.29 is 9.15 Å². The van der Waals surface area contributed by atoms with Gasteiger partial charge in [0, 0.05) is 30.5 Å². The van der Waals surface area contributed by atoms with Crippen LogP contribution in [-0.4, -0.2) is 18.6 Å². The topological polar surface area (TPSA) is 47.3 Å². The molecule has 1 aliphatic carbocycles. The second-order valence-electron chi connectivity index (χ2n) is 9.30. The van der Waals surface area contributed by atoms with Crippen molar-refractivity contribution >= 4 is 27.4 Å². The van der Waals surface area contributed by atoms with Gasteiger partial charge in [-0.2, -0.15) is 0 Å². The van der Waals surface area contributed by atoms with Crippen LogP contribution >= 0.6 is 0 Å². The Morgan fingerprint density at radius 3 is 2.79 bits per heavy atom. The van der Waals surface area contributed by atoms with Crippen molar-refractivity contribution in [1.29, 1.82) is 0 Å². The zero-order chi connectivity index (χ0) is 23.0. The second-order valence-corrected chi connectivity index (χ2v) is 9.30. The van der Waals surface area contributed by atoms with Gasteiger partial charge in [-0.05, 0) is 53.5 Å². The first-order valence-electron chi connectivity index (χ1n) is 11.5. The van der Waals surface area contributed by atoms with E-state index in [1.165, 1.54) is 21.9 Å². The van der Waals surface area contributed by atoms with Crippen molar-refractivity contribution in [1.82, 2.24) is 10.3 Å². The Kier molecular flexibility index (Phi) is 5.55. The molecule has 4 aromatic rings. The Bertz CT molecular complexity index is 1380. The number of nitrogens with one attached hydrogen (secondary N) is 1. The Hall–Kier alpha value is -3.37. The van der Waals surface area contributed by atoms with E-state index in [1.54, 1.807) is 7.11 Å². The molecule has 0 fully saturated rings. The molecule has 168 valence electrons. The smallest absolute Gasteiger partial charge is 0.192 e. The lowest BCUT2D eigenvalue weighted by atomic mass is 9.77. The molecule has 0 bridgehead atoms. The molecule has 33 heavy (non-hydrogen) atoms. The highest BCUT2D eigenvalue weighted by atomic mass is 16.5. The number of ether oxygens (including phenoxy) is 1. The summed E-state index contributed by atoms with van der Waals surface area (Å²) in [7, 11) is 1.74. The fourth-order valence-electron chi connectivity index (χ4n) is 4.84. The van der Waals surface area contributed by atoms with E-state index in [4.69, 9.17) is 9.15 Å². The van der Waals surface area contributed by atoms with Gasteiger partial charge >= 0.3 is 0 Å². The molecule has 1 N–H and O–H groups in total. The Morgan fingerprint density at radius 1 is 1.12 bits per heavy atom. The van der Waals surface area contributed by atoms with Crippen LogP contribution in [0.4, 0.5) is 0 Å². The lowest BCUT2D eigenvalue weighted by Crippen LogP contribution is -2.33. The van der Waals surface area contributed by atoms with E-state index >= 15 is 0 Å². The van der Waals surface area contributed by atoms with Gasteiger partial charge in [0.05, 0.1) is 7.11 Å². The maximum absolute atomic E-state index is 5.74. The largest absolute Gasteiger partial charge is 0.496 e. The monoisotopic (exact) mass is 438 g/mol. The molecule has 0 saturated heterocycles. The van der Waals surface area contributed by atoms with E-state index in [0.717, 1.165) is 35.4 Å². The number of hydrogen-bond acceptors (Lipinski definition) is 4. The predicted molar refractivity (Wildman–Crippen MR) is 135 cm³/mol.